The van der Waals surface area contributed by atoms with Crippen LogP contribution in [-0.4, -0.2) is 16.2 Å². The average molecular weight is 230 g/mol. The number of aliphatic hydroxyl groups is 1. The van der Waals surface area contributed by atoms with Gasteiger partial charge in [-0.15, -0.1) is 0 Å². The molecule has 0 aliphatic carbocycles. The number of halogens is 2. The van der Waals surface area contributed by atoms with E-state index in [1.165, 1.54) is 19.1 Å². The largest absolute Gasteiger partial charge is 0.481 e. The molecule has 0 radical (unpaired) electrons. The smallest absolute Gasteiger partial charge is 0.306 e. The van der Waals surface area contributed by atoms with Crippen LogP contribution in [0.2, 0.25) is 0 Å². The van der Waals surface area contributed by atoms with Crippen molar-refractivity contribution in [1.29, 1.82) is 0 Å². The molecule has 88 valence electrons. The molecule has 0 saturated carbocycles. The number of aliphatic carboxylic acids is 1. The lowest BCUT2D eigenvalue weighted by molar-refractivity contribution is -0.142. The number of rotatable bonds is 4. The van der Waals surface area contributed by atoms with Gasteiger partial charge < -0.3 is 10.2 Å². The molecule has 0 amide bonds. The molecule has 2 unspecified atom stereocenters. The summed E-state index contributed by atoms with van der Waals surface area (Å²) >= 11 is 0. The van der Waals surface area contributed by atoms with Gasteiger partial charge in [0.1, 0.15) is 0 Å². The fourth-order valence-electron chi connectivity index (χ4n) is 1.34. The minimum atomic E-state index is -1.32. The molecule has 1 aromatic rings. The first-order valence-electron chi connectivity index (χ1n) is 4.78. The lowest BCUT2D eigenvalue weighted by atomic mass is 9.98. The number of carboxylic acid groups (broad SMARTS) is 1. The Kier molecular flexibility index (Phi) is 3.95. The lowest BCUT2D eigenvalue weighted by Crippen LogP contribution is -2.14. The summed E-state index contributed by atoms with van der Waals surface area (Å²) in [7, 11) is 0. The molecule has 16 heavy (non-hydrogen) atoms. The third-order valence-corrected chi connectivity index (χ3v) is 2.34. The number of hydrogen-bond acceptors (Lipinski definition) is 2. The van der Waals surface area contributed by atoms with Crippen LogP contribution in [0.5, 0.6) is 0 Å². The summed E-state index contributed by atoms with van der Waals surface area (Å²) in [6, 6.07) is 3.44. The molecule has 2 atom stereocenters. The van der Waals surface area contributed by atoms with Crippen molar-refractivity contribution < 1.29 is 23.8 Å². The second-order valence-electron chi connectivity index (χ2n) is 3.63. The Balaban J connectivity index is 2.84. The number of benzene rings is 1. The molecule has 2 N–H and O–H groups in total. The van der Waals surface area contributed by atoms with Crippen molar-refractivity contribution in [3.8, 4) is 0 Å². The van der Waals surface area contributed by atoms with Gasteiger partial charge in [-0.2, -0.15) is 0 Å². The summed E-state index contributed by atoms with van der Waals surface area (Å²) in [5, 5.41) is 18.2. The summed E-state index contributed by atoms with van der Waals surface area (Å²) in [5.41, 5.74) is -0.215. The van der Waals surface area contributed by atoms with Crippen molar-refractivity contribution in [2.24, 2.45) is 5.92 Å². The van der Waals surface area contributed by atoms with Gasteiger partial charge >= 0.3 is 5.97 Å². The van der Waals surface area contributed by atoms with E-state index in [4.69, 9.17) is 5.11 Å². The molecule has 0 bridgehead atoms. The Hall–Kier alpha value is -1.49. The van der Waals surface area contributed by atoms with Crippen LogP contribution in [0.15, 0.2) is 18.2 Å². The predicted molar refractivity (Wildman–Crippen MR) is 52.7 cm³/mol. The van der Waals surface area contributed by atoms with Gasteiger partial charge in [0.05, 0.1) is 12.0 Å². The van der Waals surface area contributed by atoms with Crippen LogP contribution in [0, 0.1) is 17.6 Å². The second kappa shape index (κ2) is 5.03. The van der Waals surface area contributed by atoms with Gasteiger partial charge in [-0.25, -0.2) is 8.78 Å². The zero-order valence-electron chi connectivity index (χ0n) is 8.65. The zero-order chi connectivity index (χ0) is 12.3. The summed E-state index contributed by atoms with van der Waals surface area (Å²) < 4.78 is 26.1. The normalized spacial score (nSPS) is 14.5. The number of hydrogen-bond donors (Lipinski definition) is 2. The van der Waals surface area contributed by atoms with E-state index in [0.717, 1.165) is 6.07 Å². The molecule has 0 aliphatic heterocycles. The second-order valence-corrected chi connectivity index (χ2v) is 3.63. The molecule has 1 rings (SSSR count). The maximum atomic E-state index is 13.2. The molecular weight excluding hydrogens is 218 g/mol. The fraction of sp³-hybridized carbons (Fsp3) is 0.364. The minimum absolute atomic E-state index is 0.157. The lowest BCUT2D eigenvalue weighted by Gasteiger charge is -2.14. The van der Waals surface area contributed by atoms with Crippen LogP contribution >= 0.6 is 0 Å². The van der Waals surface area contributed by atoms with Crippen molar-refractivity contribution in [3.63, 3.8) is 0 Å². The number of aliphatic hydroxyl groups excluding tert-OH is 1. The van der Waals surface area contributed by atoms with E-state index in [1.54, 1.807) is 0 Å². The molecule has 0 heterocycles. The van der Waals surface area contributed by atoms with E-state index < -0.39 is 29.6 Å². The third kappa shape index (κ3) is 2.76. The van der Waals surface area contributed by atoms with Crippen LogP contribution in [-0.2, 0) is 4.79 Å². The molecule has 0 aromatic heterocycles. The summed E-state index contributed by atoms with van der Waals surface area (Å²) in [6.07, 6.45) is -1.47. The molecular formula is C11H12F2O3. The van der Waals surface area contributed by atoms with Gasteiger partial charge in [0.2, 0.25) is 0 Å². The topological polar surface area (TPSA) is 57.5 Å². The SMILES string of the molecule is CC(CC(O)c1cccc(F)c1F)C(=O)O. The molecule has 0 fully saturated rings. The van der Waals surface area contributed by atoms with Crippen LogP contribution < -0.4 is 0 Å². The summed E-state index contributed by atoms with van der Waals surface area (Å²) in [5.74, 6) is -4.10. The van der Waals surface area contributed by atoms with Crippen LogP contribution in [0.1, 0.15) is 25.0 Å². The van der Waals surface area contributed by atoms with E-state index in [0.29, 0.717) is 0 Å². The zero-order valence-corrected chi connectivity index (χ0v) is 8.65. The van der Waals surface area contributed by atoms with E-state index in [2.05, 4.69) is 0 Å². The standard InChI is InChI=1S/C11H12F2O3/c1-6(11(15)16)5-9(14)7-3-2-4-8(12)10(7)13/h2-4,6,9,14H,5H2,1H3,(H,15,16). The van der Waals surface area contributed by atoms with Crippen molar-refractivity contribution in [3.05, 3.63) is 35.4 Å². The summed E-state index contributed by atoms with van der Waals surface area (Å²) in [6.45, 7) is 1.39. The Labute approximate surface area is 91.3 Å². The molecule has 0 spiro atoms. The Bertz CT molecular complexity index is 393. The first-order chi connectivity index (χ1) is 7.43. The summed E-state index contributed by atoms with van der Waals surface area (Å²) in [4.78, 5) is 10.5. The molecule has 1 aromatic carbocycles. The van der Waals surface area contributed by atoms with Crippen LogP contribution in [0.25, 0.3) is 0 Å². The van der Waals surface area contributed by atoms with Gasteiger partial charge in [0.15, 0.2) is 11.6 Å². The Morgan fingerprint density at radius 2 is 2.06 bits per heavy atom. The first-order valence-corrected chi connectivity index (χ1v) is 4.78. The van der Waals surface area contributed by atoms with E-state index in [1.807, 2.05) is 0 Å². The van der Waals surface area contributed by atoms with Gasteiger partial charge in [0.25, 0.3) is 0 Å². The highest BCUT2D eigenvalue weighted by molar-refractivity contribution is 5.69. The van der Waals surface area contributed by atoms with Crippen molar-refractivity contribution in [2.75, 3.05) is 0 Å². The molecule has 0 aliphatic rings. The van der Waals surface area contributed by atoms with Crippen LogP contribution in [0.3, 0.4) is 0 Å². The quantitative estimate of drug-likeness (QED) is 0.832. The highest BCUT2D eigenvalue weighted by Gasteiger charge is 2.21. The maximum absolute atomic E-state index is 13.2. The number of carboxylic acids is 1. The molecule has 5 heteroatoms. The van der Waals surface area contributed by atoms with Gasteiger partial charge in [-0.3, -0.25) is 4.79 Å². The third-order valence-electron chi connectivity index (χ3n) is 2.34. The van der Waals surface area contributed by atoms with Gasteiger partial charge in [0, 0.05) is 5.56 Å². The average Bonchev–Trinajstić information content (AvgIpc) is 2.21. The van der Waals surface area contributed by atoms with E-state index in [-0.39, 0.29) is 12.0 Å². The Morgan fingerprint density at radius 1 is 1.44 bits per heavy atom. The van der Waals surface area contributed by atoms with Gasteiger partial charge in [-0.1, -0.05) is 19.1 Å². The monoisotopic (exact) mass is 230 g/mol. The highest BCUT2D eigenvalue weighted by atomic mass is 19.2. The first kappa shape index (κ1) is 12.6. The van der Waals surface area contributed by atoms with E-state index in [9.17, 15) is 18.7 Å². The minimum Gasteiger partial charge on any atom is -0.481 e. The molecule has 3 nitrogen and oxygen atoms in total. The van der Waals surface area contributed by atoms with Crippen molar-refractivity contribution >= 4 is 5.97 Å². The highest BCUT2D eigenvalue weighted by Crippen LogP contribution is 2.24. The Morgan fingerprint density at radius 3 is 2.62 bits per heavy atom. The van der Waals surface area contributed by atoms with E-state index >= 15 is 0 Å². The number of carbonyl (C=O) groups is 1. The predicted octanol–water partition coefficient (Wildman–Crippen LogP) is 2.11. The maximum Gasteiger partial charge on any atom is 0.306 e. The van der Waals surface area contributed by atoms with Crippen molar-refractivity contribution in [2.45, 2.75) is 19.4 Å². The van der Waals surface area contributed by atoms with Gasteiger partial charge in [-0.05, 0) is 12.5 Å². The van der Waals surface area contributed by atoms with Crippen LogP contribution in [0.4, 0.5) is 8.78 Å². The molecule has 0 saturated heterocycles. The fourth-order valence-corrected chi connectivity index (χ4v) is 1.34. The van der Waals surface area contributed by atoms with Crippen molar-refractivity contribution in [1.82, 2.24) is 0 Å².